The van der Waals surface area contributed by atoms with Crippen molar-refractivity contribution >= 4 is 59.3 Å². The van der Waals surface area contributed by atoms with Gasteiger partial charge in [0.25, 0.3) is 11.8 Å². The molecule has 1 aliphatic heterocycles. The van der Waals surface area contributed by atoms with Gasteiger partial charge in [-0.05, 0) is 82.7 Å². The average Bonchev–Trinajstić information content (AvgIpc) is 3.18. The maximum absolute atomic E-state index is 14.2. The number of carbonyl (C=O) groups is 8. The van der Waals surface area contributed by atoms with Gasteiger partial charge in [-0.2, -0.15) is 0 Å². The minimum Gasteiger partial charge on any atom is -0.481 e. The van der Waals surface area contributed by atoms with Gasteiger partial charge in [-0.3, -0.25) is 44.0 Å². The summed E-state index contributed by atoms with van der Waals surface area (Å²) in [4.78, 5) is 112. The van der Waals surface area contributed by atoms with Crippen LogP contribution in [0.3, 0.4) is 0 Å². The second-order valence-electron chi connectivity index (χ2n) is 14.7. The summed E-state index contributed by atoms with van der Waals surface area (Å²) in [5.41, 5.74) is 16.0. The highest BCUT2D eigenvalue weighted by Crippen LogP contribution is 2.14. The zero-order valence-corrected chi connectivity index (χ0v) is 34.0. The number of nitrogens with two attached hydrogens (primary N) is 2. The Labute approximate surface area is 346 Å². The second-order valence-corrected chi connectivity index (χ2v) is 14.7. The molecule has 0 radical (unpaired) electrons. The molecule has 0 fully saturated rings. The number of anilines is 1. The van der Waals surface area contributed by atoms with Crippen LogP contribution in [0.25, 0.3) is 0 Å². The molecule has 22 nitrogen and oxygen atoms in total. The van der Waals surface area contributed by atoms with Gasteiger partial charge in [0.05, 0.1) is 18.5 Å². The Balaban J connectivity index is 1.76. The van der Waals surface area contributed by atoms with Crippen LogP contribution in [0.15, 0.2) is 47.6 Å². The van der Waals surface area contributed by atoms with Crippen LogP contribution in [-0.4, -0.2) is 119 Å². The number of aliphatic imine (C=N–C) groups is 1. The van der Waals surface area contributed by atoms with Crippen LogP contribution in [0.2, 0.25) is 0 Å². The van der Waals surface area contributed by atoms with Crippen molar-refractivity contribution in [3.8, 4) is 0 Å². The summed E-state index contributed by atoms with van der Waals surface area (Å²) in [6.45, 7) is 4.70. The molecule has 2 heterocycles. The fraction of sp³-hybridized carbons (Fsp3) is 0.474. The van der Waals surface area contributed by atoms with Crippen LogP contribution in [0.1, 0.15) is 85.6 Å². The number of nitrogens with one attached hydrogen (secondary N) is 7. The van der Waals surface area contributed by atoms with Crippen molar-refractivity contribution in [3.05, 3.63) is 59.3 Å². The van der Waals surface area contributed by atoms with E-state index in [1.165, 1.54) is 37.5 Å². The molecule has 22 heteroatoms. The molecule has 12 N–H and O–H groups in total. The number of nitrogens with zero attached hydrogens (tertiary/aromatic N) is 3. The Morgan fingerprint density at radius 1 is 0.950 bits per heavy atom. The predicted molar refractivity (Wildman–Crippen MR) is 217 cm³/mol. The summed E-state index contributed by atoms with van der Waals surface area (Å²) < 4.78 is 5.15. The van der Waals surface area contributed by atoms with Crippen LogP contribution < -0.4 is 48.9 Å². The van der Waals surface area contributed by atoms with Crippen LogP contribution >= 0.6 is 0 Å². The number of aromatic nitrogens is 1. The van der Waals surface area contributed by atoms with E-state index in [0.717, 1.165) is 4.90 Å². The van der Waals surface area contributed by atoms with Crippen LogP contribution in [-0.2, 0) is 35.3 Å². The number of unbranched alkanes of at least 4 members (excludes halogenated alkanes) is 1. The summed E-state index contributed by atoms with van der Waals surface area (Å²) in [7, 11) is 1.38. The van der Waals surface area contributed by atoms with E-state index in [9.17, 15) is 43.5 Å². The fourth-order valence-corrected chi connectivity index (χ4v) is 5.74. The molecule has 3 atom stereocenters. The molecule has 1 aliphatic rings. The number of ether oxygens (including phenoxy) is 1. The lowest BCUT2D eigenvalue weighted by Gasteiger charge is -2.31. The number of hydrazine groups is 1. The summed E-state index contributed by atoms with van der Waals surface area (Å²) in [6, 6.07) is 5.36. The van der Waals surface area contributed by atoms with Gasteiger partial charge in [-0.1, -0.05) is 12.1 Å². The van der Waals surface area contributed by atoms with Gasteiger partial charge in [0.1, 0.15) is 29.5 Å². The van der Waals surface area contributed by atoms with Gasteiger partial charge in [0.2, 0.25) is 23.6 Å². The number of carboxylic acids is 1. The first kappa shape index (κ1) is 47.4. The topological polar surface area (TPSA) is 331 Å². The molecule has 0 saturated heterocycles. The molecular formula is C38H54N12O10. The first-order chi connectivity index (χ1) is 28.3. The lowest BCUT2D eigenvalue weighted by molar-refractivity contribution is -0.141. The normalized spacial score (nSPS) is 18.0. The Bertz CT molecular complexity index is 1900. The first-order valence-corrected chi connectivity index (χ1v) is 19.1. The molecule has 2 aromatic rings. The molecule has 7 amide bonds. The molecule has 326 valence electrons. The number of fused-ring (bicyclic) bond motifs is 2. The van der Waals surface area contributed by atoms with Crippen molar-refractivity contribution in [3.63, 3.8) is 0 Å². The van der Waals surface area contributed by atoms with Gasteiger partial charge in [0, 0.05) is 38.4 Å². The average molecular weight is 839 g/mol. The molecule has 1 aromatic carbocycles. The summed E-state index contributed by atoms with van der Waals surface area (Å²) >= 11 is 0. The molecule has 0 saturated carbocycles. The SMILES string of the molecule is CN1C(=O)[C@@H](CCCCNC(=O)c2ccc(NNC(=O)OC(C)(C)C)nc2)NC(=O)c2cccc(c2)CNC(=O)[C@H](CC(=O)O)NC(=O)CNC(=O)[C@@H]1CCCN=C(N)N. The van der Waals surface area contributed by atoms with E-state index in [1.807, 2.05) is 0 Å². The third-order valence-electron chi connectivity index (χ3n) is 8.68. The molecule has 0 aliphatic carbocycles. The largest absolute Gasteiger partial charge is 0.481 e. The van der Waals surface area contributed by atoms with Gasteiger partial charge in [-0.25, -0.2) is 15.2 Å². The Morgan fingerprint density at radius 3 is 2.35 bits per heavy atom. The number of guanidine groups is 1. The van der Waals surface area contributed by atoms with E-state index in [2.05, 4.69) is 47.4 Å². The standard InChI is InChI=1S/C38H54N12O10/c1-38(2,3)60-37(59)49-48-28-14-13-24(20-43-28)31(54)41-15-6-5-11-25-35(58)50(4)27(12-8-16-42-36(39)40)34(57)45-21-29(51)46-26(18-30(52)53)33(56)44-19-22-9-7-10-23(17-22)32(55)47-25/h7,9-10,13-14,17,20,25-27H,5-6,8,11-12,15-16,18-19,21H2,1-4H3,(H,41,54)(H,43,48)(H,44,56)(H,45,57)(H,46,51)(H,47,55)(H,49,59)(H,52,53)(H4,39,40,42)/t25-,26+,27+/m1/s1. The number of carboxylic acid groups (broad SMARTS) is 1. The number of amides is 7. The molecule has 3 rings (SSSR count). The van der Waals surface area contributed by atoms with E-state index in [-0.39, 0.29) is 61.8 Å². The molecule has 60 heavy (non-hydrogen) atoms. The molecule has 0 spiro atoms. The van der Waals surface area contributed by atoms with Crippen molar-refractivity contribution in [2.75, 3.05) is 32.1 Å². The van der Waals surface area contributed by atoms with Crippen LogP contribution in [0, 0.1) is 0 Å². The Kier molecular flexibility index (Phi) is 18.0. The Hall–Kier alpha value is -7.00. The van der Waals surface area contributed by atoms with Crippen molar-refractivity contribution in [2.45, 2.75) is 89.6 Å². The Morgan fingerprint density at radius 2 is 1.68 bits per heavy atom. The van der Waals surface area contributed by atoms with Crippen LogP contribution in [0.5, 0.6) is 0 Å². The number of hydrogen-bond acceptors (Lipinski definition) is 12. The fourth-order valence-electron chi connectivity index (χ4n) is 5.74. The summed E-state index contributed by atoms with van der Waals surface area (Å²) in [6.07, 6.45) is 0.968. The number of hydrogen-bond donors (Lipinski definition) is 10. The predicted octanol–water partition coefficient (Wildman–Crippen LogP) is -0.782. The maximum atomic E-state index is 14.2. The highest BCUT2D eigenvalue weighted by Gasteiger charge is 2.33. The van der Waals surface area contributed by atoms with E-state index in [4.69, 9.17) is 16.2 Å². The summed E-state index contributed by atoms with van der Waals surface area (Å²) in [5, 5.41) is 22.2. The monoisotopic (exact) mass is 838 g/mol. The summed E-state index contributed by atoms with van der Waals surface area (Å²) in [5.74, 6) is -5.34. The minimum atomic E-state index is -1.48. The zero-order valence-electron chi connectivity index (χ0n) is 34.0. The van der Waals surface area contributed by atoms with Gasteiger partial charge >= 0.3 is 12.1 Å². The third kappa shape index (κ3) is 16.5. The van der Waals surface area contributed by atoms with Crippen molar-refractivity contribution in [2.24, 2.45) is 16.5 Å². The lowest BCUT2D eigenvalue weighted by atomic mass is 10.0. The van der Waals surface area contributed by atoms with E-state index < -0.39 is 84.2 Å². The van der Waals surface area contributed by atoms with Crippen molar-refractivity contribution < 1.29 is 48.2 Å². The van der Waals surface area contributed by atoms with Crippen molar-refractivity contribution in [1.29, 1.82) is 0 Å². The second kappa shape index (κ2) is 22.8. The van der Waals surface area contributed by atoms with E-state index >= 15 is 0 Å². The number of likely N-dealkylation sites (N-methyl/N-ethyl adjacent to an activating group) is 1. The lowest BCUT2D eigenvalue weighted by Crippen LogP contribution is -2.56. The number of carbonyl (C=O) groups excluding carboxylic acids is 7. The smallest absolute Gasteiger partial charge is 0.426 e. The highest BCUT2D eigenvalue weighted by molar-refractivity contribution is 5.99. The number of aliphatic carboxylic acids is 1. The molecule has 1 aromatic heterocycles. The van der Waals surface area contributed by atoms with E-state index in [0.29, 0.717) is 18.4 Å². The highest BCUT2D eigenvalue weighted by atomic mass is 16.6. The molecular weight excluding hydrogens is 784 g/mol. The maximum Gasteiger partial charge on any atom is 0.426 e. The number of benzene rings is 1. The van der Waals surface area contributed by atoms with Crippen molar-refractivity contribution in [1.82, 2.24) is 41.9 Å². The quantitative estimate of drug-likeness (QED) is 0.0483. The number of pyridine rings is 1. The minimum absolute atomic E-state index is 0.0391. The van der Waals surface area contributed by atoms with Gasteiger partial charge in [0.15, 0.2) is 5.96 Å². The molecule has 2 bridgehead atoms. The number of rotatable bonds is 14. The van der Waals surface area contributed by atoms with E-state index in [1.54, 1.807) is 32.9 Å². The van der Waals surface area contributed by atoms with Gasteiger partial charge in [-0.15, -0.1) is 0 Å². The van der Waals surface area contributed by atoms with Crippen LogP contribution in [0.4, 0.5) is 10.6 Å². The zero-order chi connectivity index (χ0) is 44.4. The first-order valence-electron chi connectivity index (χ1n) is 19.1. The molecule has 0 unspecified atom stereocenters. The third-order valence-corrected chi connectivity index (χ3v) is 8.68. The van der Waals surface area contributed by atoms with Gasteiger partial charge < -0.3 is 52.8 Å².